The summed E-state index contributed by atoms with van der Waals surface area (Å²) < 4.78 is 13.2. The van der Waals surface area contributed by atoms with Crippen LogP contribution in [0.2, 0.25) is 0 Å². The van der Waals surface area contributed by atoms with Crippen molar-refractivity contribution in [2.45, 2.75) is 13.8 Å². The van der Waals surface area contributed by atoms with E-state index in [1.165, 1.54) is 12.1 Å². The summed E-state index contributed by atoms with van der Waals surface area (Å²) in [7, 11) is 0. The van der Waals surface area contributed by atoms with Gasteiger partial charge in [-0.3, -0.25) is 4.79 Å². The van der Waals surface area contributed by atoms with Gasteiger partial charge in [-0.05, 0) is 53.9 Å². The minimum atomic E-state index is -0.321. The Balaban J connectivity index is 2.24. The van der Waals surface area contributed by atoms with Crippen molar-refractivity contribution in [3.63, 3.8) is 0 Å². The standard InChI is InChI=1S/C19H15FO/c1-12-7-8-14-5-3-4-6-17(14)18(12)19(21)16-10-9-15(20)11-13(16)2/h3-11H,1-2H3. The van der Waals surface area contributed by atoms with Crippen LogP contribution in [0.3, 0.4) is 0 Å². The van der Waals surface area contributed by atoms with E-state index in [0.717, 1.165) is 16.3 Å². The lowest BCUT2D eigenvalue weighted by atomic mass is 9.91. The second kappa shape index (κ2) is 5.13. The topological polar surface area (TPSA) is 17.1 Å². The fourth-order valence-electron chi connectivity index (χ4n) is 2.70. The molecule has 0 unspecified atom stereocenters. The molecule has 2 heteroatoms. The van der Waals surface area contributed by atoms with Gasteiger partial charge in [0.25, 0.3) is 0 Å². The number of rotatable bonds is 2. The van der Waals surface area contributed by atoms with Gasteiger partial charge in [0.15, 0.2) is 5.78 Å². The van der Waals surface area contributed by atoms with Gasteiger partial charge in [-0.15, -0.1) is 0 Å². The van der Waals surface area contributed by atoms with E-state index < -0.39 is 0 Å². The van der Waals surface area contributed by atoms with E-state index in [4.69, 9.17) is 0 Å². The first kappa shape index (κ1) is 13.5. The van der Waals surface area contributed by atoms with Crippen molar-refractivity contribution in [1.82, 2.24) is 0 Å². The van der Waals surface area contributed by atoms with Crippen LogP contribution in [0.1, 0.15) is 27.0 Å². The number of halogens is 1. The molecule has 21 heavy (non-hydrogen) atoms. The van der Waals surface area contributed by atoms with Gasteiger partial charge >= 0.3 is 0 Å². The van der Waals surface area contributed by atoms with Gasteiger partial charge in [0, 0.05) is 11.1 Å². The number of fused-ring (bicyclic) bond motifs is 1. The summed E-state index contributed by atoms with van der Waals surface area (Å²) >= 11 is 0. The Labute approximate surface area is 123 Å². The molecular weight excluding hydrogens is 263 g/mol. The summed E-state index contributed by atoms with van der Waals surface area (Å²) in [5.74, 6) is -0.375. The molecule has 0 aliphatic rings. The second-order valence-electron chi connectivity index (χ2n) is 5.27. The van der Waals surface area contributed by atoms with E-state index in [-0.39, 0.29) is 11.6 Å². The lowest BCUT2D eigenvalue weighted by molar-refractivity contribution is 0.103. The van der Waals surface area contributed by atoms with Crippen LogP contribution in [-0.2, 0) is 0 Å². The number of aryl methyl sites for hydroxylation is 2. The molecular formula is C19H15FO. The van der Waals surface area contributed by atoms with Gasteiger partial charge in [0.05, 0.1) is 0 Å². The van der Waals surface area contributed by atoms with Crippen LogP contribution < -0.4 is 0 Å². The highest BCUT2D eigenvalue weighted by molar-refractivity contribution is 6.17. The lowest BCUT2D eigenvalue weighted by Crippen LogP contribution is -2.07. The van der Waals surface area contributed by atoms with Crippen molar-refractivity contribution in [3.8, 4) is 0 Å². The maximum Gasteiger partial charge on any atom is 0.194 e. The molecule has 0 N–H and O–H groups in total. The predicted octanol–water partition coefficient (Wildman–Crippen LogP) is 4.83. The molecule has 3 aromatic rings. The average molecular weight is 278 g/mol. The van der Waals surface area contributed by atoms with Crippen LogP contribution in [-0.4, -0.2) is 5.78 Å². The van der Waals surface area contributed by atoms with E-state index in [1.807, 2.05) is 43.3 Å². The summed E-state index contributed by atoms with van der Waals surface area (Å²) in [6.45, 7) is 3.69. The van der Waals surface area contributed by atoms with Crippen molar-refractivity contribution in [2.24, 2.45) is 0 Å². The van der Waals surface area contributed by atoms with Crippen molar-refractivity contribution >= 4 is 16.6 Å². The first-order valence-corrected chi connectivity index (χ1v) is 6.87. The van der Waals surface area contributed by atoms with Crippen LogP contribution >= 0.6 is 0 Å². The van der Waals surface area contributed by atoms with Crippen LogP contribution in [0.25, 0.3) is 10.8 Å². The Morgan fingerprint density at radius 3 is 2.43 bits per heavy atom. The van der Waals surface area contributed by atoms with Crippen LogP contribution in [0, 0.1) is 19.7 Å². The quantitative estimate of drug-likeness (QED) is 0.614. The third-order valence-corrected chi connectivity index (χ3v) is 3.80. The Kier molecular flexibility index (Phi) is 3.30. The van der Waals surface area contributed by atoms with Crippen molar-refractivity contribution in [1.29, 1.82) is 0 Å². The molecule has 0 atom stereocenters. The number of carbonyl (C=O) groups is 1. The van der Waals surface area contributed by atoms with Gasteiger partial charge < -0.3 is 0 Å². The van der Waals surface area contributed by atoms with Gasteiger partial charge in [-0.2, -0.15) is 0 Å². The fourth-order valence-corrected chi connectivity index (χ4v) is 2.70. The highest BCUT2D eigenvalue weighted by Crippen LogP contribution is 2.26. The Bertz CT molecular complexity index is 849. The highest BCUT2D eigenvalue weighted by Gasteiger charge is 2.17. The van der Waals surface area contributed by atoms with E-state index >= 15 is 0 Å². The maximum absolute atomic E-state index is 13.2. The van der Waals surface area contributed by atoms with Crippen LogP contribution in [0.15, 0.2) is 54.6 Å². The third kappa shape index (κ3) is 2.33. The van der Waals surface area contributed by atoms with Gasteiger partial charge in [-0.1, -0.05) is 36.4 Å². The van der Waals surface area contributed by atoms with Crippen molar-refractivity contribution in [2.75, 3.05) is 0 Å². The molecule has 0 fully saturated rings. The van der Waals surface area contributed by atoms with E-state index in [0.29, 0.717) is 16.7 Å². The molecule has 0 radical (unpaired) electrons. The highest BCUT2D eigenvalue weighted by atomic mass is 19.1. The monoisotopic (exact) mass is 278 g/mol. The largest absolute Gasteiger partial charge is 0.289 e. The summed E-state index contributed by atoms with van der Waals surface area (Å²) in [4.78, 5) is 12.9. The van der Waals surface area contributed by atoms with E-state index in [1.54, 1.807) is 13.0 Å². The summed E-state index contributed by atoms with van der Waals surface area (Å²) in [6, 6.07) is 16.1. The Morgan fingerprint density at radius 2 is 1.67 bits per heavy atom. The van der Waals surface area contributed by atoms with E-state index in [9.17, 15) is 9.18 Å². The number of hydrogen-bond acceptors (Lipinski definition) is 1. The van der Waals surface area contributed by atoms with E-state index in [2.05, 4.69) is 0 Å². The molecule has 0 bridgehead atoms. The summed E-state index contributed by atoms with van der Waals surface area (Å²) in [5.41, 5.74) is 2.84. The lowest BCUT2D eigenvalue weighted by Gasteiger charge is -2.11. The molecule has 0 aliphatic carbocycles. The first-order chi connectivity index (χ1) is 10.1. The number of ketones is 1. The first-order valence-electron chi connectivity index (χ1n) is 6.87. The average Bonchev–Trinajstić information content (AvgIpc) is 2.46. The molecule has 3 rings (SSSR count). The van der Waals surface area contributed by atoms with Gasteiger partial charge in [0.1, 0.15) is 5.82 Å². The Morgan fingerprint density at radius 1 is 0.905 bits per heavy atom. The second-order valence-corrected chi connectivity index (χ2v) is 5.27. The smallest absolute Gasteiger partial charge is 0.194 e. The normalized spacial score (nSPS) is 10.8. The third-order valence-electron chi connectivity index (χ3n) is 3.80. The molecule has 0 aliphatic heterocycles. The van der Waals surface area contributed by atoms with Crippen LogP contribution in [0.5, 0.6) is 0 Å². The number of carbonyl (C=O) groups excluding carboxylic acids is 1. The zero-order valence-corrected chi connectivity index (χ0v) is 12.0. The number of benzene rings is 3. The van der Waals surface area contributed by atoms with Gasteiger partial charge in [-0.25, -0.2) is 4.39 Å². The van der Waals surface area contributed by atoms with Crippen molar-refractivity contribution < 1.29 is 9.18 Å². The summed E-state index contributed by atoms with van der Waals surface area (Å²) in [6.07, 6.45) is 0. The molecule has 0 aromatic heterocycles. The van der Waals surface area contributed by atoms with Gasteiger partial charge in [0.2, 0.25) is 0 Å². The zero-order valence-electron chi connectivity index (χ0n) is 12.0. The molecule has 0 saturated heterocycles. The predicted molar refractivity (Wildman–Crippen MR) is 83.3 cm³/mol. The number of hydrogen-bond donors (Lipinski definition) is 0. The zero-order chi connectivity index (χ0) is 15.0. The van der Waals surface area contributed by atoms with Crippen molar-refractivity contribution in [3.05, 3.63) is 82.7 Å². The summed E-state index contributed by atoms with van der Waals surface area (Å²) in [5, 5.41) is 1.97. The molecule has 104 valence electrons. The minimum absolute atomic E-state index is 0.0539. The molecule has 0 heterocycles. The fraction of sp³-hybridized carbons (Fsp3) is 0.105. The molecule has 0 saturated carbocycles. The minimum Gasteiger partial charge on any atom is -0.289 e. The molecule has 0 spiro atoms. The molecule has 1 nitrogen and oxygen atoms in total. The Hall–Kier alpha value is -2.48. The maximum atomic E-state index is 13.2. The molecule has 0 amide bonds. The SMILES string of the molecule is Cc1cc(F)ccc1C(=O)c1c(C)ccc2ccccc12. The molecule has 3 aromatic carbocycles. The van der Waals surface area contributed by atoms with Crippen LogP contribution in [0.4, 0.5) is 4.39 Å².